The predicted octanol–water partition coefficient (Wildman–Crippen LogP) is 2.94. The highest BCUT2D eigenvalue weighted by atomic mass is 32.2. The molecule has 0 unspecified atom stereocenters. The summed E-state index contributed by atoms with van der Waals surface area (Å²) in [6.45, 7) is 4.73. The van der Waals surface area contributed by atoms with Gasteiger partial charge in [-0.05, 0) is 50.1 Å². The van der Waals surface area contributed by atoms with E-state index in [4.69, 9.17) is 9.47 Å². The van der Waals surface area contributed by atoms with E-state index in [1.54, 1.807) is 13.0 Å². The number of hydrogen-bond donors (Lipinski definition) is 1. The maximum Gasteiger partial charge on any atom is 0.244 e. The molecule has 0 aromatic heterocycles. The number of rotatable bonds is 12. The monoisotopic (exact) mass is 523 g/mol. The van der Waals surface area contributed by atoms with E-state index >= 15 is 0 Å². The molecule has 2 aromatic rings. The third-order valence-corrected chi connectivity index (χ3v) is 6.90. The molecule has 0 spiro atoms. The van der Waals surface area contributed by atoms with Crippen LogP contribution in [-0.2, 0) is 26.2 Å². The topological polar surface area (TPSA) is 105 Å². The van der Waals surface area contributed by atoms with Gasteiger partial charge in [0.05, 0.1) is 26.2 Å². The maximum atomic E-state index is 13.6. The number of ether oxygens (including phenoxy) is 2. The minimum atomic E-state index is -3.93. The fourth-order valence-corrected chi connectivity index (χ4v) is 4.27. The second kappa shape index (κ2) is 12.6. The summed E-state index contributed by atoms with van der Waals surface area (Å²) < 4.78 is 50.4. The van der Waals surface area contributed by atoms with Gasteiger partial charge in [0.1, 0.15) is 29.9 Å². The highest BCUT2D eigenvalue weighted by Gasteiger charge is 2.31. The van der Waals surface area contributed by atoms with Crippen molar-refractivity contribution in [2.24, 2.45) is 0 Å². The third-order valence-electron chi connectivity index (χ3n) is 5.77. The number of carbonyl (C=O) groups excluding carboxylic acids is 2. The Hall–Kier alpha value is -3.34. The van der Waals surface area contributed by atoms with E-state index in [-0.39, 0.29) is 29.9 Å². The number of anilines is 1. The van der Waals surface area contributed by atoms with Crippen LogP contribution in [0.25, 0.3) is 0 Å². The van der Waals surface area contributed by atoms with E-state index in [1.165, 1.54) is 55.5 Å². The molecule has 1 N–H and O–H groups in total. The van der Waals surface area contributed by atoms with Crippen LogP contribution in [0, 0.1) is 5.82 Å². The molecule has 0 saturated carbocycles. The van der Waals surface area contributed by atoms with Gasteiger partial charge in [0.25, 0.3) is 0 Å². The summed E-state index contributed by atoms with van der Waals surface area (Å²) in [6, 6.07) is 9.05. The second-order valence-electron chi connectivity index (χ2n) is 8.45. The summed E-state index contributed by atoms with van der Waals surface area (Å²) in [6.07, 6.45) is 1.68. The van der Waals surface area contributed by atoms with Gasteiger partial charge in [0.15, 0.2) is 0 Å². The Balaban J connectivity index is 2.45. The van der Waals surface area contributed by atoms with Crippen LogP contribution in [0.1, 0.15) is 32.8 Å². The Morgan fingerprint density at radius 2 is 1.69 bits per heavy atom. The van der Waals surface area contributed by atoms with Crippen molar-refractivity contribution in [1.82, 2.24) is 10.2 Å². The zero-order valence-corrected chi connectivity index (χ0v) is 22.3. The van der Waals surface area contributed by atoms with Gasteiger partial charge in [0, 0.05) is 18.7 Å². The van der Waals surface area contributed by atoms with Crippen LogP contribution in [-0.4, -0.2) is 64.2 Å². The summed E-state index contributed by atoms with van der Waals surface area (Å²) in [5.41, 5.74) is 0.730. The van der Waals surface area contributed by atoms with Gasteiger partial charge < -0.3 is 19.7 Å². The Bertz CT molecular complexity index is 1160. The Labute approximate surface area is 212 Å². The zero-order valence-electron chi connectivity index (χ0n) is 21.4. The number of benzene rings is 2. The summed E-state index contributed by atoms with van der Waals surface area (Å²) in [5.74, 6) is -0.792. The number of hydrogen-bond acceptors (Lipinski definition) is 6. The van der Waals surface area contributed by atoms with Crippen LogP contribution in [0.2, 0.25) is 0 Å². The molecule has 11 heteroatoms. The van der Waals surface area contributed by atoms with E-state index in [0.29, 0.717) is 17.7 Å². The molecule has 2 amide bonds. The molecule has 0 aliphatic carbocycles. The molecule has 0 aliphatic rings. The number of methoxy groups -OCH3 is 2. The largest absolute Gasteiger partial charge is 0.497 e. The maximum absolute atomic E-state index is 13.6. The summed E-state index contributed by atoms with van der Waals surface area (Å²) >= 11 is 0. The van der Waals surface area contributed by atoms with Crippen molar-refractivity contribution in [3.8, 4) is 11.5 Å². The van der Waals surface area contributed by atoms with Crippen molar-refractivity contribution < 1.29 is 31.9 Å². The number of carbonyl (C=O) groups is 2. The molecule has 0 bridgehead atoms. The first kappa shape index (κ1) is 28.9. The smallest absolute Gasteiger partial charge is 0.244 e. The lowest BCUT2D eigenvalue weighted by Gasteiger charge is -2.32. The fraction of sp³-hybridized carbons (Fsp3) is 0.440. The van der Waals surface area contributed by atoms with Gasteiger partial charge in [-0.25, -0.2) is 12.8 Å². The minimum Gasteiger partial charge on any atom is -0.497 e. The molecule has 0 fully saturated rings. The molecule has 2 atom stereocenters. The average Bonchev–Trinajstić information content (AvgIpc) is 2.85. The van der Waals surface area contributed by atoms with E-state index in [1.807, 2.05) is 13.8 Å². The summed E-state index contributed by atoms with van der Waals surface area (Å²) in [5, 5.41) is 2.85. The number of sulfonamides is 1. The standard InChI is InChI=1S/C25H34FN3O6S/c1-7-17(2)27-25(31)18(3)28(15-19-8-10-20(26)11-9-19)24(30)16-29(36(6,32)33)22-13-12-21(34-4)14-23(22)35-5/h8-14,17-18H,7,15-16H2,1-6H3,(H,27,31)/t17-,18-/m0/s1. The fourth-order valence-electron chi connectivity index (χ4n) is 3.42. The lowest BCUT2D eigenvalue weighted by atomic mass is 10.1. The van der Waals surface area contributed by atoms with Crippen molar-refractivity contribution in [3.05, 3.63) is 53.8 Å². The van der Waals surface area contributed by atoms with Crippen LogP contribution in [0.3, 0.4) is 0 Å². The van der Waals surface area contributed by atoms with Crippen molar-refractivity contribution in [3.63, 3.8) is 0 Å². The molecule has 2 aromatic carbocycles. The van der Waals surface area contributed by atoms with Gasteiger partial charge in [0.2, 0.25) is 21.8 Å². The Kier molecular flexibility index (Phi) is 10.1. The van der Waals surface area contributed by atoms with Crippen molar-refractivity contribution in [2.45, 2.75) is 45.8 Å². The second-order valence-corrected chi connectivity index (χ2v) is 10.4. The van der Waals surface area contributed by atoms with E-state index < -0.39 is 34.3 Å². The SMILES string of the molecule is CC[C@H](C)NC(=O)[C@H](C)N(Cc1ccc(F)cc1)C(=O)CN(c1ccc(OC)cc1OC)S(C)(=O)=O. The Morgan fingerprint density at radius 3 is 2.22 bits per heavy atom. The summed E-state index contributed by atoms with van der Waals surface area (Å²) in [4.78, 5) is 27.7. The Morgan fingerprint density at radius 1 is 1.06 bits per heavy atom. The molecular weight excluding hydrogens is 489 g/mol. The first-order chi connectivity index (χ1) is 16.9. The normalized spacial score (nSPS) is 12.9. The minimum absolute atomic E-state index is 0.0223. The highest BCUT2D eigenvalue weighted by molar-refractivity contribution is 7.92. The number of nitrogens with zero attached hydrogens (tertiary/aromatic N) is 2. The molecule has 198 valence electrons. The van der Waals surface area contributed by atoms with Gasteiger partial charge in [-0.15, -0.1) is 0 Å². The van der Waals surface area contributed by atoms with E-state index in [2.05, 4.69) is 5.32 Å². The van der Waals surface area contributed by atoms with E-state index in [9.17, 15) is 22.4 Å². The highest BCUT2D eigenvalue weighted by Crippen LogP contribution is 2.33. The first-order valence-electron chi connectivity index (χ1n) is 11.4. The average molecular weight is 524 g/mol. The van der Waals surface area contributed by atoms with Crippen molar-refractivity contribution >= 4 is 27.5 Å². The zero-order chi connectivity index (χ0) is 27.0. The summed E-state index contributed by atoms with van der Waals surface area (Å²) in [7, 11) is -1.09. The van der Waals surface area contributed by atoms with Gasteiger partial charge in [-0.2, -0.15) is 0 Å². The lowest BCUT2D eigenvalue weighted by Crippen LogP contribution is -2.52. The third kappa shape index (κ3) is 7.58. The van der Waals surface area contributed by atoms with Gasteiger partial charge >= 0.3 is 0 Å². The molecule has 0 radical (unpaired) electrons. The van der Waals surface area contributed by atoms with Crippen molar-refractivity contribution in [1.29, 1.82) is 0 Å². The molecular formula is C25H34FN3O6S. The van der Waals surface area contributed by atoms with Gasteiger partial charge in [-0.3, -0.25) is 13.9 Å². The quantitative estimate of drug-likeness (QED) is 0.459. The van der Waals surface area contributed by atoms with Gasteiger partial charge in [-0.1, -0.05) is 19.1 Å². The molecule has 9 nitrogen and oxygen atoms in total. The number of nitrogens with one attached hydrogen (secondary N) is 1. The van der Waals surface area contributed by atoms with E-state index in [0.717, 1.165) is 10.6 Å². The molecule has 36 heavy (non-hydrogen) atoms. The van der Waals surface area contributed by atoms with Crippen LogP contribution in [0.15, 0.2) is 42.5 Å². The molecule has 0 aliphatic heterocycles. The molecule has 2 rings (SSSR count). The van der Waals surface area contributed by atoms with Crippen molar-refractivity contribution in [2.75, 3.05) is 31.3 Å². The first-order valence-corrected chi connectivity index (χ1v) is 13.3. The van der Waals surface area contributed by atoms with Crippen LogP contribution < -0.4 is 19.1 Å². The number of amides is 2. The number of halogens is 1. The molecule has 0 saturated heterocycles. The van der Waals surface area contributed by atoms with Crippen LogP contribution in [0.5, 0.6) is 11.5 Å². The van der Waals surface area contributed by atoms with Crippen LogP contribution in [0.4, 0.5) is 10.1 Å². The predicted molar refractivity (Wildman–Crippen MR) is 136 cm³/mol. The molecule has 0 heterocycles. The lowest BCUT2D eigenvalue weighted by molar-refractivity contribution is -0.139. The van der Waals surface area contributed by atoms with Crippen LogP contribution >= 0.6 is 0 Å².